The molecule has 0 spiro atoms. The summed E-state index contributed by atoms with van der Waals surface area (Å²) in [6.07, 6.45) is -0.562. The van der Waals surface area contributed by atoms with E-state index in [2.05, 4.69) is 47.6 Å². The molecule has 0 aliphatic carbocycles. The van der Waals surface area contributed by atoms with Crippen LogP contribution in [0.1, 0.15) is 28.8 Å². The molecular formula is C23H19Br2N3O3. The molecule has 158 valence electrons. The van der Waals surface area contributed by atoms with Crippen molar-refractivity contribution in [1.82, 2.24) is 10.8 Å². The van der Waals surface area contributed by atoms with Crippen molar-refractivity contribution < 1.29 is 14.7 Å². The molecule has 8 heteroatoms. The highest BCUT2D eigenvalue weighted by molar-refractivity contribution is 9.11. The lowest BCUT2D eigenvalue weighted by Crippen LogP contribution is -2.35. The Bertz CT molecular complexity index is 1050. The summed E-state index contributed by atoms with van der Waals surface area (Å²) in [5, 5.41) is 12.8. The third kappa shape index (κ3) is 4.98. The van der Waals surface area contributed by atoms with Crippen LogP contribution < -0.4 is 10.8 Å². The Balaban J connectivity index is 1.48. The van der Waals surface area contributed by atoms with Crippen molar-refractivity contribution in [3.63, 3.8) is 0 Å². The predicted octanol–water partition coefficient (Wildman–Crippen LogP) is 4.80. The lowest BCUT2D eigenvalue weighted by molar-refractivity contribution is -0.116. The minimum atomic E-state index is -0.562. The molecule has 4 rings (SSSR count). The largest absolute Gasteiger partial charge is 0.506 e. The van der Waals surface area contributed by atoms with Gasteiger partial charge >= 0.3 is 11.8 Å². The molecule has 0 saturated carbocycles. The quantitative estimate of drug-likeness (QED) is 0.416. The van der Waals surface area contributed by atoms with Crippen molar-refractivity contribution in [3.8, 4) is 5.75 Å². The number of hydrogen-bond acceptors (Lipinski definition) is 5. The molecule has 0 radical (unpaired) electrons. The number of aromatic hydroxyl groups is 1. The molecular weight excluding hydrogens is 526 g/mol. The van der Waals surface area contributed by atoms with E-state index in [-0.39, 0.29) is 17.6 Å². The maximum absolute atomic E-state index is 12.7. The molecule has 0 fully saturated rings. The summed E-state index contributed by atoms with van der Waals surface area (Å²) in [4.78, 5) is 22.4. The van der Waals surface area contributed by atoms with Gasteiger partial charge in [-0.05, 0) is 60.7 Å². The summed E-state index contributed by atoms with van der Waals surface area (Å²) in [6.45, 7) is 0.399. The first-order valence-corrected chi connectivity index (χ1v) is 11.2. The van der Waals surface area contributed by atoms with E-state index in [0.29, 0.717) is 15.5 Å². The van der Waals surface area contributed by atoms with Crippen LogP contribution in [-0.2, 0) is 9.63 Å². The molecule has 1 unspecified atom stereocenters. The van der Waals surface area contributed by atoms with E-state index in [0.717, 1.165) is 16.7 Å². The minimum absolute atomic E-state index is 0.00104. The van der Waals surface area contributed by atoms with Crippen LogP contribution in [0.5, 0.6) is 5.75 Å². The summed E-state index contributed by atoms with van der Waals surface area (Å²) < 4.78 is 1.03. The zero-order chi connectivity index (χ0) is 21.8. The fraction of sp³-hybridized carbons (Fsp3) is 0.130. The fourth-order valence-electron chi connectivity index (χ4n) is 3.34. The number of halogens is 2. The number of nitrogens with one attached hydrogen (secondary N) is 2. The van der Waals surface area contributed by atoms with Gasteiger partial charge in [-0.2, -0.15) is 0 Å². The van der Waals surface area contributed by atoms with E-state index in [1.807, 2.05) is 60.7 Å². The topological polar surface area (TPSA) is 83.0 Å². The van der Waals surface area contributed by atoms with Crippen molar-refractivity contribution in [3.05, 3.63) is 98.4 Å². The lowest BCUT2D eigenvalue weighted by atomic mass is 9.91. The molecule has 1 aliphatic rings. The summed E-state index contributed by atoms with van der Waals surface area (Å²) >= 11 is 6.59. The van der Waals surface area contributed by atoms with Gasteiger partial charge in [-0.15, -0.1) is 5.48 Å². The molecule has 1 atom stereocenters. The van der Waals surface area contributed by atoms with Crippen LogP contribution in [0.15, 0.2) is 86.7 Å². The van der Waals surface area contributed by atoms with Gasteiger partial charge in [0.25, 0.3) is 0 Å². The number of aliphatic imine (C=N–C) groups is 1. The molecule has 3 aromatic carbocycles. The summed E-state index contributed by atoms with van der Waals surface area (Å²) in [5.41, 5.74) is 5.69. The SMILES string of the molecule is O=C(NCC(c1ccccc1)c1ccccc1)C1=NC(c2cc(Br)c(O)c(Br)c2)NO1. The van der Waals surface area contributed by atoms with E-state index in [1.54, 1.807) is 12.1 Å². The maximum Gasteiger partial charge on any atom is 0.308 e. The number of benzene rings is 3. The number of phenolic OH excluding ortho intramolecular Hbond substituents is 1. The van der Waals surface area contributed by atoms with Crippen LogP contribution in [-0.4, -0.2) is 23.5 Å². The van der Waals surface area contributed by atoms with Gasteiger partial charge in [-0.3, -0.25) is 4.79 Å². The molecule has 0 saturated heterocycles. The summed E-state index contributed by atoms with van der Waals surface area (Å²) in [6, 6.07) is 23.5. The van der Waals surface area contributed by atoms with Crippen molar-refractivity contribution in [2.75, 3.05) is 6.54 Å². The van der Waals surface area contributed by atoms with Crippen LogP contribution in [0.4, 0.5) is 0 Å². The third-order valence-corrected chi connectivity index (χ3v) is 6.14. The summed E-state index contributed by atoms with van der Waals surface area (Å²) in [7, 11) is 0. The van der Waals surface area contributed by atoms with Gasteiger partial charge in [0.05, 0.1) is 8.95 Å². The molecule has 0 bridgehead atoms. The van der Waals surface area contributed by atoms with E-state index in [9.17, 15) is 9.90 Å². The van der Waals surface area contributed by atoms with E-state index >= 15 is 0 Å². The molecule has 3 aromatic rings. The number of rotatable bonds is 6. The van der Waals surface area contributed by atoms with Gasteiger partial charge in [0, 0.05) is 12.5 Å². The number of hydrogen-bond donors (Lipinski definition) is 3. The Kier molecular flexibility index (Phi) is 6.70. The highest BCUT2D eigenvalue weighted by atomic mass is 79.9. The van der Waals surface area contributed by atoms with Gasteiger partial charge in [0.15, 0.2) is 6.17 Å². The second kappa shape index (κ2) is 9.64. The van der Waals surface area contributed by atoms with Gasteiger partial charge in [-0.1, -0.05) is 60.7 Å². The number of phenols is 1. The Labute approximate surface area is 196 Å². The van der Waals surface area contributed by atoms with Crippen LogP contribution in [0, 0.1) is 0 Å². The first-order valence-electron chi connectivity index (χ1n) is 9.59. The van der Waals surface area contributed by atoms with Crippen LogP contribution in [0.25, 0.3) is 0 Å². The Morgan fingerprint density at radius 3 is 2.13 bits per heavy atom. The van der Waals surface area contributed by atoms with Crippen molar-refractivity contribution in [2.45, 2.75) is 12.1 Å². The number of carbonyl (C=O) groups excluding carboxylic acids is 1. The van der Waals surface area contributed by atoms with Crippen molar-refractivity contribution >= 4 is 43.7 Å². The highest BCUT2D eigenvalue weighted by Gasteiger charge is 2.27. The average Bonchev–Trinajstić information content (AvgIpc) is 3.29. The summed E-state index contributed by atoms with van der Waals surface area (Å²) in [5.74, 6) is -0.340. The van der Waals surface area contributed by atoms with E-state index in [4.69, 9.17) is 4.84 Å². The number of carbonyl (C=O) groups is 1. The zero-order valence-corrected chi connectivity index (χ0v) is 19.4. The molecule has 6 nitrogen and oxygen atoms in total. The lowest BCUT2D eigenvalue weighted by Gasteiger charge is -2.18. The first kappa shape index (κ1) is 21.5. The van der Waals surface area contributed by atoms with Gasteiger partial charge in [0.1, 0.15) is 5.75 Å². The number of hydroxylamine groups is 1. The Hall–Kier alpha value is -2.68. The van der Waals surface area contributed by atoms with Crippen molar-refractivity contribution in [1.29, 1.82) is 0 Å². The van der Waals surface area contributed by atoms with Crippen molar-refractivity contribution in [2.24, 2.45) is 4.99 Å². The van der Waals surface area contributed by atoms with Gasteiger partial charge in [-0.25, -0.2) is 4.99 Å². The van der Waals surface area contributed by atoms with Crippen LogP contribution in [0.2, 0.25) is 0 Å². The second-order valence-corrected chi connectivity index (χ2v) is 8.68. The number of amides is 1. The molecule has 1 heterocycles. The normalized spacial score (nSPS) is 15.5. The average molecular weight is 545 g/mol. The van der Waals surface area contributed by atoms with E-state index in [1.165, 1.54) is 0 Å². The fourth-order valence-corrected chi connectivity index (χ4v) is 4.56. The minimum Gasteiger partial charge on any atom is -0.506 e. The Morgan fingerprint density at radius 2 is 1.58 bits per heavy atom. The number of nitrogens with zero attached hydrogens (tertiary/aromatic N) is 1. The van der Waals surface area contributed by atoms with Crippen LogP contribution in [0.3, 0.4) is 0 Å². The predicted molar refractivity (Wildman–Crippen MR) is 126 cm³/mol. The highest BCUT2D eigenvalue weighted by Crippen LogP contribution is 2.36. The molecule has 1 aliphatic heterocycles. The molecule has 1 amide bonds. The monoisotopic (exact) mass is 543 g/mol. The van der Waals surface area contributed by atoms with Gasteiger partial charge in [0.2, 0.25) is 0 Å². The molecule has 0 aromatic heterocycles. The maximum atomic E-state index is 12.7. The first-order chi connectivity index (χ1) is 15.0. The standard InChI is InChI=1S/C23H19Br2N3O3/c24-18-11-16(12-19(25)20(18)29)21-27-23(31-28-21)22(30)26-13-17(14-7-3-1-4-8-14)15-9-5-2-6-10-15/h1-12,17,21,28-29H,13H2,(H,26,30). The second-order valence-electron chi connectivity index (χ2n) is 6.97. The Morgan fingerprint density at radius 1 is 1.03 bits per heavy atom. The van der Waals surface area contributed by atoms with E-state index < -0.39 is 12.1 Å². The third-order valence-electron chi connectivity index (χ3n) is 4.93. The molecule has 31 heavy (non-hydrogen) atoms. The van der Waals surface area contributed by atoms with Gasteiger partial charge < -0.3 is 15.3 Å². The smallest absolute Gasteiger partial charge is 0.308 e. The zero-order valence-electron chi connectivity index (χ0n) is 16.3. The molecule has 3 N–H and O–H groups in total. The van der Waals surface area contributed by atoms with Crippen LogP contribution >= 0.6 is 31.9 Å².